The van der Waals surface area contributed by atoms with E-state index in [-0.39, 0.29) is 18.9 Å². The number of nitrogens with zero attached hydrogens (tertiary/aromatic N) is 2. The number of rotatable bonds is 6. The second-order valence-electron chi connectivity index (χ2n) is 4.58. The summed E-state index contributed by atoms with van der Waals surface area (Å²) in [4.78, 5) is 24.5. The zero-order valence-corrected chi connectivity index (χ0v) is 12.2. The van der Waals surface area contributed by atoms with Gasteiger partial charge in [-0.05, 0) is 18.6 Å². The summed E-state index contributed by atoms with van der Waals surface area (Å²) < 4.78 is 4.86. The number of esters is 1. The van der Waals surface area contributed by atoms with Gasteiger partial charge in [0.05, 0.1) is 12.5 Å². The minimum atomic E-state index is -0.571. The number of hydrogen-bond acceptors (Lipinski definition) is 4. The first kappa shape index (κ1) is 16.4. The number of carbonyl (C=O) groups is 2. The molecule has 0 unspecified atom stereocenters. The summed E-state index contributed by atoms with van der Waals surface area (Å²) in [5.41, 5.74) is 1.99. The topological polar surface area (TPSA) is 70.4 Å². The number of likely N-dealkylation sites (N-methyl/N-ethyl adjacent to an activating group) is 1. The maximum atomic E-state index is 11.6. The van der Waals surface area contributed by atoms with Gasteiger partial charge in [-0.25, -0.2) is 4.79 Å². The Kier molecular flexibility index (Phi) is 6.69. The second-order valence-corrected chi connectivity index (χ2v) is 4.58. The van der Waals surface area contributed by atoms with Crippen molar-refractivity contribution in [2.45, 2.75) is 13.3 Å². The van der Waals surface area contributed by atoms with Crippen LogP contribution in [0.3, 0.4) is 0 Å². The quantitative estimate of drug-likeness (QED) is 0.591. The van der Waals surface area contributed by atoms with Crippen molar-refractivity contribution in [1.82, 2.24) is 4.90 Å². The van der Waals surface area contributed by atoms with Crippen LogP contribution in [0.5, 0.6) is 0 Å². The molecule has 1 rings (SSSR count). The number of nitriles is 1. The van der Waals surface area contributed by atoms with Gasteiger partial charge in [0.25, 0.3) is 5.91 Å². The lowest BCUT2D eigenvalue weighted by Crippen LogP contribution is -2.31. The van der Waals surface area contributed by atoms with Crippen molar-refractivity contribution in [2.24, 2.45) is 0 Å². The summed E-state index contributed by atoms with van der Waals surface area (Å²) in [6.07, 6.45) is 3.18. The molecule has 0 aliphatic carbocycles. The highest BCUT2D eigenvalue weighted by Gasteiger charge is 2.10. The number of hydrogen-bond donors (Lipinski definition) is 0. The molecular formula is C16H18N2O3. The van der Waals surface area contributed by atoms with Gasteiger partial charge in [0.1, 0.15) is 0 Å². The summed E-state index contributed by atoms with van der Waals surface area (Å²) >= 11 is 0. The van der Waals surface area contributed by atoms with Gasteiger partial charge < -0.3 is 9.64 Å². The first-order chi connectivity index (χ1) is 10.0. The van der Waals surface area contributed by atoms with Crippen molar-refractivity contribution >= 4 is 18.0 Å². The zero-order chi connectivity index (χ0) is 15.7. The van der Waals surface area contributed by atoms with E-state index in [2.05, 4.69) is 0 Å². The van der Waals surface area contributed by atoms with E-state index in [0.29, 0.717) is 6.54 Å². The molecule has 0 radical (unpaired) electrons. The molecule has 0 spiro atoms. The molecule has 1 aromatic carbocycles. The van der Waals surface area contributed by atoms with E-state index in [1.807, 2.05) is 37.3 Å². The van der Waals surface area contributed by atoms with Crippen LogP contribution < -0.4 is 0 Å². The Morgan fingerprint density at radius 3 is 2.86 bits per heavy atom. The molecule has 0 N–H and O–H groups in total. The van der Waals surface area contributed by atoms with Crippen LogP contribution in [0.25, 0.3) is 6.08 Å². The van der Waals surface area contributed by atoms with Gasteiger partial charge in [0.2, 0.25) is 0 Å². The van der Waals surface area contributed by atoms with E-state index in [1.54, 1.807) is 13.1 Å². The number of ether oxygens (including phenoxy) is 1. The van der Waals surface area contributed by atoms with Crippen molar-refractivity contribution in [3.63, 3.8) is 0 Å². The monoisotopic (exact) mass is 286 g/mol. The third-order valence-corrected chi connectivity index (χ3v) is 2.78. The SMILES string of the molecule is Cc1cccc(/C=C/C(=O)OCC(=O)N(C)CCC#N)c1. The highest BCUT2D eigenvalue weighted by Crippen LogP contribution is 2.05. The van der Waals surface area contributed by atoms with Crippen molar-refractivity contribution in [1.29, 1.82) is 5.26 Å². The van der Waals surface area contributed by atoms with Crippen LogP contribution in [0.15, 0.2) is 30.3 Å². The Hall–Kier alpha value is -2.61. The van der Waals surface area contributed by atoms with Crippen LogP contribution >= 0.6 is 0 Å². The molecule has 0 bridgehead atoms. The Bertz CT molecular complexity index is 573. The second kappa shape index (κ2) is 8.54. The molecule has 0 aliphatic rings. The third-order valence-electron chi connectivity index (χ3n) is 2.78. The molecule has 0 saturated carbocycles. The molecule has 110 valence electrons. The van der Waals surface area contributed by atoms with Gasteiger partial charge in [0.15, 0.2) is 6.61 Å². The Morgan fingerprint density at radius 2 is 2.19 bits per heavy atom. The number of aryl methyl sites for hydroxylation is 1. The van der Waals surface area contributed by atoms with Gasteiger partial charge in [-0.1, -0.05) is 29.8 Å². The molecule has 5 heteroatoms. The molecule has 1 amide bonds. The van der Waals surface area contributed by atoms with E-state index in [9.17, 15) is 9.59 Å². The normalized spacial score (nSPS) is 10.1. The highest BCUT2D eigenvalue weighted by molar-refractivity contribution is 5.89. The molecule has 0 aromatic heterocycles. The Balaban J connectivity index is 2.40. The van der Waals surface area contributed by atoms with Crippen LogP contribution in [0, 0.1) is 18.3 Å². The van der Waals surface area contributed by atoms with E-state index in [4.69, 9.17) is 10.00 Å². The average molecular weight is 286 g/mol. The summed E-state index contributed by atoms with van der Waals surface area (Å²) in [5.74, 6) is -0.902. The van der Waals surface area contributed by atoms with E-state index in [1.165, 1.54) is 11.0 Å². The fourth-order valence-corrected chi connectivity index (χ4v) is 1.57. The smallest absolute Gasteiger partial charge is 0.331 e. The lowest BCUT2D eigenvalue weighted by Gasteiger charge is -2.14. The van der Waals surface area contributed by atoms with Crippen molar-refractivity contribution in [3.05, 3.63) is 41.5 Å². The fourth-order valence-electron chi connectivity index (χ4n) is 1.57. The van der Waals surface area contributed by atoms with Crippen LogP contribution in [0.2, 0.25) is 0 Å². The van der Waals surface area contributed by atoms with Crippen LogP contribution in [0.4, 0.5) is 0 Å². The van der Waals surface area contributed by atoms with Crippen molar-refractivity contribution in [2.75, 3.05) is 20.2 Å². The van der Waals surface area contributed by atoms with Gasteiger partial charge in [-0.3, -0.25) is 4.79 Å². The largest absolute Gasteiger partial charge is 0.452 e. The molecule has 0 aliphatic heterocycles. The third kappa shape index (κ3) is 6.39. The Labute approximate surface area is 124 Å². The Morgan fingerprint density at radius 1 is 1.43 bits per heavy atom. The van der Waals surface area contributed by atoms with Crippen LogP contribution in [-0.2, 0) is 14.3 Å². The van der Waals surface area contributed by atoms with Crippen molar-refractivity contribution in [3.8, 4) is 6.07 Å². The summed E-state index contributed by atoms with van der Waals surface area (Å²) in [6.45, 7) is 1.97. The first-order valence-electron chi connectivity index (χ1n) is 6.55. The maximum absolute atomic E-state index is 11.6. The number of amides is 1. The van der Waals surface area contributed by atoms with Crippen LogP contribution in [-0.4, -0.2) is 37.0 Å². The minimum Gasteiger partial charge on any atom is -0.452 e. The van der Waals surface area contributed by atoms with Gasteiger partial charge in [-0.2, -0.15) is 5.26 Å². The van der Waals surface area contributed by atoms with E-state index < -0.39 is 5.97 Å². The van der Waals surface area contributed by atoms with Gasteiger partial charge >= 0.3 is 5.97 Å². The molecule has 5 nitrogen and oxygen atoms in total. The maximum Gasteiger partial charge on any atom is 0.331 e. The molecule has 0 atom stereocenters. The lowest BCUT2D eigenvalue weighted by atomic mass is 10.1. The zero-order valence-electron chi connectivity index (χ0n) is 12.2. The molecule has 0 fully saturated rings. The van der Waals surface area contributed by atoms with E-state index in [0.717, 1.165) is 11.1 Å². The summed E-state index contributed by atoms with van der Waals surface area (Å²) in [7, 11) is 1.57. The highest BCUT2D eigenvalue weighted by atomic mass is 16.5. The molecule has 1 aromatic rings. The summed E-state index contributed by atoms with van der Waals surface area (Å²) in [5, 5.41) is 8.43. The predicted molar refractivity (Wildman–Crippen MR) is 79.0 cm³/mol. The van der Waals surface area contributed by atoms with Gasteiger partial charge in [-0.15, -0.1) is 0 Å². The van der Waals surface area contributed by atoms with Crippen LogP contribution in [0.1, 0.15) is 17.5 Å². The first-order valence-corrected chi connectivity index (χ1v) is 6.55. The number of benzene rings is 1. The molecule has 0 heterocycles. The van der Waals surface area contributed by atoms with Gasteiger partial charge in [0, 0.05) is 19.7 Å². The average Bonchev–Trinajstić information content (AvgIpc) is 2.48. The van der Waals surface area contributed by atoms with Crippen molar-refractivity contribution < 1.29 is 14.3 Å². The van der Waals surface area contributed by atoms with E-state index >= 15 is 0 Å². The lowest BCUT2D eigenvalue weighted by molar-refractivity contribution is -0.147. The molecule has 0 saturated heterocycles. The fraction of sp³-hybridized carbons (Fsp3) is 0.312. The standard InChI is InChI=1S/C16H18N2O3/c1-13-5-3-6-14(11-13)7-8-16(20)21-12-15(19)18(2)10-4-9-17/h3,5-8,11H,4,10,12H2,1-2H3/b8-7+. The molecular weight excluding hydrogens is 268 g/mol. The molecule has 21 heavy (non-hydrogen) atoms. The minimum absolute atomic E-state index is 0.253. The summed E-state index contributed by atoms with van der Waals surface area (Å²) in [6, 6.07) is 9.62. The predicted octanol–water partition coefficient (Wildman–Crippen LogP) is 1.92. The number of carbonyl (C=O) groups excluding carboxylic acids is 2.